The Hall–Kier alpha value is -2.66. The van der Waals surface area contributed by atoms with E-state index >= 15 is 0 Å². The molecule has 1 aliphatic heterocycles. The van der Waals surface area contributed by atoms with E-state index in [-0.39, 0.29) is 12.4 Å². The number of hydrogen-bond acceptors (Lipinski definition) is 11. The van der Waals surface area contributed by atoms with Crippen LogP contribution >= 0.6 is 7.85 Å². The highest BCUT2D eigenvalue weighted by Crippen LogP contribution is 2.32. The summed E-state index contributed by atoms with van der Waals surface area (Å²) in [5, 5.41) is 20.5. The number of nitrogen functional groups attached to an aromatic ring is 1. The smallest absolute Gasteiger partial charge is 0.388 e. The van der Waals surface area contributed by atoms with Gasteiger partial charge in [0.1, 0.15) is 36.8 Å². The quantitative estimate of drug-likeness (QED) is 0.533. The first-order valence-corrected chi connectivity index (χ1v) is 8.79. The van der Waals surface area contributed by atoms with Crippen LogP contribution in [-0.4, -0.2) is 69.9 Å². The van der Waals surface area contributed by atoms with E-state index in [1.54, 1.807) is 0 Å². The Bertz CT molecular complexity index is 932. The van der Waals surface area contributed by atoms with Crippen molar-refractivity contribution >= 4 is 30.5 Å². The molecule has 4 atom stereocenters. The molecule has 13 heteroatoms. The van der Waals surface area contributed by atoms with Gasteiger partial charge in [0.15, 0.2) is 25.5 Å². The summed E-state index contributed by atoms with van der Waals surface area (Å²) in [6.07, 6.45) is 1.04. The summed E-state index contributed by atoms with van der Waals surface area (Å²) in [7, 11) is -1.59. The third-order valence-corrected chi connectivity index (χ3v) is 5.11. The number of carbonyl (C=O) groups is 1. The number of aliphatic hydroxyl groups excluding tert-OH is 2. The van der Waals surface area contributed by atoms with Gasteiger partial charge in [-0.1, -0.05) is 0 Å². The maximum Gasteiger partial charge on any atom is 0.388 e. The average molecular weight is 379 g/mol. The van der Waals surface area contributed by atoms with Gasteiger partial charge in [-0.2, -0.15) is 0 Å². The summed E-state index contributed by atoms with van der Waals surface area (Å²) < 4.78 is 19.9. The lowest BCUT2D eigenvalue weighted by Gasteiger charge is -2.16. The molecular weight excluding hydrogens is 365 g/mol. The van der Waals surface area contributed by atoms with Crippen molar-refractivity contribution in [3.63, 3.8) is 0 Å². The van der Waals surface area contributed by atoms with E-state index in [9.17, 15) is 15.0 Å². The first-order valence-electron chi connectivity index (χ1n) is 7.54. The van der Waals surface area contributed by atoms with Crippen molar-refractivity contribution < 1.29 is 24.5 Å². The van der Waals surface area contributed by atoms with Gasteiger partial charge in [0, 0.05) is 0 Å². The number of nitrogens with two attached hydrogens (primary N) is 1. The normalized spacial score (nSPS) is 25.6. The van der Waals surface area contributed by atoms with Gasteiger partial charge in [-0.15, -0.1) is 0 Å². The number of aliphatic hydroxyl groups is 2. The fraction of sp³-hybridized carbons (Fsp3) is 0.385. The van der Waals surface area contributed by atoms with E-state index in [1.807, 2.05) is 0 Å². The molecule has 12 nitrogen and oxygen atoms in total. The molecule has 0 radical (unpaired) electrons. The summed E-state index contributed by atoms with van der Waals surface area (Å²) >= 11 is 0. The molecule has 0 saturated carbocycles. The van der Waals surface area contributed by atoms with Crippen LogP contribution in [0.15, 0.2) is 25.0 Å². The van der Waals surface area contributed by atoms with E-state index in [1.165, 1.54) is 29.6 Å². The number of anilines is 1. The van der Waals surface area contributed by atoms with Crippen molar-refractivity contribution in [2.24, 2.45) is 0 Å². The molecule has 4 heterocycles. The van der Waals surface area contributed by atoms with E-state index < -0.39 is 38.1 Å². The van der Waals surface area contributed by atoms with Crippen molar-refractivity contribution in [3.05, 3.63) is 25.0 Å². The van der Waals surface area contributed by atoms with Crippen LogP contribution in [0.4, 0.5) is 10.6 Å². The van der Waals surface area contributed by atoms with E-state index in [0.29, 0.717) is 11.2 Å². The summed E-state index contributed by atoms with van der Waals surface area (Å²) in [6.45, 7) is -0.249. The third kappa shape index (κ3) is 2.78. The topological polar surface area (TPSA) is 171 Å². The van der Waals surface area contributed by atoms with Crippen LogP contribution in [0.3, 0.4) is 0 Å². The van der Waals surface area contributed by atoms with Crippen molar-refractivity contribution in [1.29, 1.82) is 0 Å². The minimum atomic E-state index is -1.59. The van der Waals surface area contributed by atoms with Gasteiger partial charge < -0.3 is 25.4 Å². The zero-order chi connectivity index (χ0) is 18.3. The number of aromatic nitrogens is 6. The van der Waals surface area contributed by atoms with Gasteiger partial charge in [0.2, 0.25) is 0 Å². The van der Waals surface area contributed by atoms with Crippen LogP contribution in [0.5, 0.6) is 0 Å². The predicted octanol–water partition coefficient (Wildman–Crippen LogP) is -0.511. The monoisotopic (exact) mass is 379 g/mol. The largest absolute Gasteiger partial charge is 0.454 e. The molecule has 3 aromatic heterocycles. The molecule has 0 amide bonds. The first kappa shape index (κ1) is 16.8. The standard InChI is InChI=1S/C13H14N7O5P/c14-10-7-11(16-4-15-10)20(5-17-7)12-9(22)8(21)6(25-12)3-24-13(23)26-18-1-2-19-26/h1-2,4-6,8-9,12,21-22H,3H2,(H2,14,15,16)/t6-,8-,9-,12-/m1/s1. The number of imidazole rings is 1. The number of nitrogens with zero attached hydrogens (tertiary/aromatic N) is 6. The molecule has 4 N–H and O–H groups in total. The molecule has 4 rings (SSSR count). The molecule has 1 saturated heterocycles. The third-order valence-electron chi connectivity index (χ3n) is 3.95. The lowest BCUT2D eigenvalue weighted by atomic mass is 10.1. The van der Waals surface area contributed by atoms with Crippen LogP contribution in [0.1, 0.15) is 6.23 Å². The molecule has 0 unspecified atom stereocenters. The van der Waals surface area contributed by atoms with Crippen LogP contribution in [0, 0.1) is 0 Å². The fourth-order valence-electron chi connectivity index (χ4n) is 2.67. The summed E-state index contributed by atoms with van der Waals surface area (Å²) in [5.41, 5.74) is 5.84. The zero-order valence-electron chi connectivity index (χ0n) is 13.2. The van der Waals surface area contributed by atoms with Crippen molar-refractivity contribution in [3.8, 4) is 0 Å². The Morgan fingerprint density at radius 3 is 2.81 bits per heavy atom. The second-order valence-corrected chi connectivity index (χ2v) is 6.93. The van der Waals surface area contributed by atoms with Crippen LogP contribution < -0.4 is 5.73 Å². The van der Waals surface area contributed by atoms with Crippen molar-refractivity contribution in [1.82, 2.24) is 29.0 Å². The molecule has 1 aliphatic rings. The minimum Gasteiger partial charge on any atom is -0.454 e. The Kier molecular flexibility index (Phi) is 4.24. The van der Waals surface area contributed by atoms with Gasteiger partial charge in [0.25, 0.3) is 0 Å². The van der Waals surface area contributed by atoms with Gasteiger partial charge in [-0.05, 0) is 0 Å². The highest BCUT2D eigenvalue weighted by atomic mass is 31.1. The Labute approximate surface area is 146 Å². The number of carbonyl (C=O) groups excluding carboxylic acids is 1. The maximum absolute atomic E-state index is 11.8. The van der Waals surface area contributed by atoms with Crippen LogP contribution in [-0.2, 0) is 9.47 Å². The van der Waals surface area contributed by atoms with Gasteiger partial charge in [-0.25, -0.2) is 29.2 Å². The van der Waals surface area contributed by atoms with Gasteiger partial charge in [-0.3, -0.25) is 4.57 Å². The lowest BCUT2D eigenvalue weighted by Crippen LogP contribution is -2.34. The second kappa shape index (κ2) is 6.57. The minimum absolute atomic E-state index is 0.187. The predicted molar refractivity (Wildman–Crippen MR) is 87.1 cm³/mol. The molecule has 0 spiro atoms. The molecule has 136 valence electrons. The van der Waals surface area contributed by atoms with Gasteiger partial charge >= 0.3 is 5.71 Å². The van der Waals surface area contributed by atoms with Crippen LogP contribution in [0.2, 0.25) is 0 Å². The van der Waals surface area contributed by atoms with E-state index in [0.717, 1.165) is 0 Å². The molecule has 3 aromatic rings. The van der Waals surface area contributed by atoms with E-state index in [4.69, 9.17) is 15.2 Å². The SMILES string of the molecule is Nc1ncnc2c1ncn2[C@@H]1O[C@H](COC(=O)p2nccn2)[C@@H](O)[C@H]1O. The molecule has 1 fully saturated rings. The zero-order valence-corrected chi connectivity index (χ0v) is 14.0. The summed E-state index contributed by atoms with van der Waals surface area (Å²) in [4.78, 5) is 23.9. The molecule has 0 aliphatic carbocycles. The highest BCUT2D eigenvalue weighted by molar-refractivity contribution is 7.60. The number of hydrogen-bond donors (Lipinski definition) is 3. The molecule has 0 aromatic carbocycles. The summed E-state index contributed by atoms with van der Waals surface area (Å²) in [5.74, 6) is 0.187. The summed E-state index contributed by atoms with van der Waals surface area (Å²) in [6, 6.07) is 0. The second-order valence-electron chi connectivity index (χ2n) is 5.52. The Morgan fingerprint density at radius 2 is 2.04 bits per heavy atom. The van der Waals surface area contributed by atoms with Gasteiger partial charge in [0.05, 0.1) is 18.7 Å². The number of rotatable bonds is 4. The fourth-order valence-corrected chi connectivity index (χ4v) is 3.48. The van der Waals surface area contributed by atoms with E-state index in [2.05, 4.69) is 24.4 Å². The first-order chi connectivity index (χ1) is 12.6. The number of fused-ring (bicyclic) bond motifs is 1. The van der Waals surface area contributed by atoms with Crippen molar-refractivity contribution in [2.75, 3.05) is 12.3 Å². The van der Waals surface area contributed by atoms with Crippen LogP contribution in [0.25, 0.3) is 11.2 Å². The Morgan fingerprint density at radius 1 is 1.27 bits per heavy atom. The van der Waals surface area contributed by atoms with Crippen molar-refractivity contribution in [2.45, 2.75) is 24.5 Å². The highest BCUT2D eigenvalue weighted by Gasteiger charge is 2.45. The number of ether oxygens (including phenoxy) is 2. The maximum atomic E-state index is 11.8. The average Bonchev–Trinajstić information content (AvgIpc) is 3.35. The molecule has 26 heavy (non-hydrogen) atoms. The lowest BCUT2D eigenvalue weighted by molar-refractivity contribution is -0.0513. The molecule has 0 bridgehead atoms. The Balaban J connectivity index is 1.50. The molecular formula is C13H14N7O5P.